The summed E-state index contributed by atoms with van der Waals surface area (Å²) < 4.78 is 57.3. The highest BCUT2D eigenvalue weighted by molar-refractivity contribution is 6.09. The van der Waals surface area contributed by atoms with Crippen molar-refractivity contribution in [3.63, 3.8) is 0 Å². The standard InChI is InChI=1S/C31H26F4O/c1-3-23(29-25(32)7-5-8-26(29)33)19-11-15-21(16-12-19)31(36)22-17-13-20(14-18-22)24(4-2)30-27(34)9-6-10-28(30)35/h5-18,23-24H,3-4H2,1-2H3. The van der Waals surface area contributed by atoms with Crippen molar-refractivity contribution in [1.82, 2.24) is 0 Å². The van der Waals surface area contributed by atoms with Gasteiger partial charge in [0.05, 0.1) is 0 Å². The van der Waals surface area contributed by atoms with Crippen molar-refractivity contribution in [1.29, 1.82) is 0 Å². The molecular weight excluding hydrogens is 464 g/mol. The first-order valence-electron chi connectivity index (χ1n) is 12.0. The molecule has 2 atom stereocenters. The Balaban J connectivity index is 1.57. The van der Waals surface area contributed by atoms with Crippen LogP contribution < -0.4 is 0 Å². The molecule has 0 bridgehead atoms. The molecule has 0 amide bonds. The Kier molecular flexibility index (Phi) is 7.68. The maximum absolute atomic E-state index is 14.3. The number of carbonyl (C=O) groups is 1. The van der Waals surface area contributed by atoms with Crippen molar-refractivity contribution in [2.24, 2.45) is 0 Å². The molecule has 5 heteroatoms. The van der Waals surface area contributed by atoms with E-state index in [2.05, 4.69) is 0 Å². The molecule has 0 fully saturated rings. The highest BCUT2D eigenvalue weighted by atomic mass is 19.1. The van der Waals surface area contributed by atoms with Crippen LogP contribution in [0.25, 0.3) is 0 Å². The first-order valence-corrected chi connectivity index (χ1v) is 12.0. The lowest BCUT2D eigenvalue weighted by atomic mass is 9.86. The summed E-state index contributed by atoms with van der Waals surface area (Å²) in [5, 5.41) is 0. The predicted molar refractivity (Wildman–Crippen MR) is 133 cm³/mol. The first-order chi connectivity index (χ1) is 17.3. The summed E-state index contributed by atoms with van der Waals surface area (Å²) >= 11 is 0. The third-order valence-electron chi connectivity index (χ3n) is 6.66. The SMILES string of the molecule is CCC(c1ccc(C(=O)c2ccc(C(CC)c3c(F)cccc3F)cc2)cc1)c1c(F)cccc1F. The Morgan fingerprint density at radius 2 is 0.861 bits per heavy atom. The number of rotatable bonds is 8. The van der Waals surface area contributed by atoms with Crippen LogP contribution in [0.15, 0.2) is 84.9 Å². The van der Waals surface area contributed by atoms with E-state index in [0.29, 0.717) is 35.1 Å². The monoisotopic (exact) mass is 490 g/mol. The van der Waals surface area contributed by atoms with E-state index in [4.69, 9.17) is 0 Å². The molecule has 0 radical (unpaired) electrons. The van der Waals surface area contributed by atoms with E-state index in [1.54, 1.807) is 48.5 Å². The number of carbonyl (C=O) groups excluding carboxylic acids is 1. The maximum atomic E-state index is 14.3. The number of benzene rings is 4. The first kappa shape index (κ1) is 25.4. The van der Waals surface area contributed by atoms with Crippen LogP contribution in [-0.4, -0.2) is 5.78 Å². The molecule has 0 aliphatic carbocycles. The zero-order valence-electron chi connectivity index (χ0n) is 20.1. The van der Waals surface area contributed by atoms with E-state index in [0.717, 1.165) is 0 Å². The molecule has 0 aliphatic rings. The molecule has 0 N–H and O–H groups in total. The molecule has 0 aliphatic heterocycles. The Bertz CT molecular complexity index is 1220. The van der Waals surface area contributed by atoms with Crippen LogP contribution in [0.2, 0.25) is 0 Å². The van der Waals surface area contributed by atoms with Gasteiger partial charge in [0, 0.05) is 34.1 Å². The van der Waals surface area contributed by atoms with Crippen molar-refractivity contribution in [3.05, 3.63) is 142 Å². The van der Waals surface area contributed by atoms with Crippen LogP contribution in [0.5, 0.6) is 0 Å². The highest BCUT2D eigenvalue weighted by Crippen LogP contribution is 2.33. The van der Waals surface area contributed by atoms with Gasteiger partial charge in [0.1, 0.15) is 23.3 Å². The molecule has 4 rings (SSSR count). The fourth-order valence-electron chi connectivity index (χ4n) is 4.80. The van der Waals surface area contributed by atoms with E-state index >= 15 is 0 Å². The molecule has 1 nitrogen and oxygen atoms in total. The van der Waals surface area contributed by atoms with Crippen LogP contribution in [0, 0.1) is 23.3 Å². The van der Waals surface area contributed by atoms with Gasteiger partial charge in [0.2, 0.25) is 0 Å². The van der Waals surface area contributed by atoms with Crippen molar-refractivity contribution in [2.45, 2.75) is 38.5 Å². The summed E-state index contributed by atoms with van der Waals surface area (Å²) in [6, 6.07) is 21.1. The van der Waals surface area contributed by atoms with E-state index < -0.39 is 35.1 Å². The van der Waals surface area contributed by atoms with E-state index in [1.165, 1.54) is 36.4 Å². The molecule has 0 saturated heterocycles. The Morgan fingerprint density at radius 1 is 0.556 bits per heavy atom. The molecule has 0 aromatic heterocycles. The van der Waals surface area contributed by atoms with Gasteiger partial charge in [0.15, 0.2) is 5.78 Å². The number of hydrogen-bond acceptors (Lipinski definition) is 1. The molecule has 0 spiro atoms. The minimum Gasteiger partial charge on any atom is -0.289 e. The predicted octanol–water partition coefficient (Wildman–Crippen LogP) is 8.56. The summed E-state index contributed by atoms with van der Waals surface area (Å²) in [5.74, 6) is -3.54. The van der Waals surface area contributed by atoms with Gasteiger partial charge >= 0.3 is 0 Å². The minimum absolute atomic E-state index is 0.0198. The molecule has 184 valence electrons. The van der Waals surface area contributed by atoms with E-state index in [9.17, 15) is 22.4 Å². The fraction of sp³-hybridized carbons (Fsp3) is 0.194. The smallest absolute Gasteiger partial charge is 0.193 e. The fourth-order valence-corrected chi connectivity index (χ4v) is 4.80. The lowest BCUT2D eigenvalue weighted by molar-refractivity contribution is 0.103. The molecule has 0 heterocycles. The van der Waals surface area contributed by atoms with E-state index in [1.807, 2.05) is 13.8 Å². The summed E-state index contributed by atoms with van der Waals surface area (Å²) in [6.07, 6.45) is 0.988. The molecule has 4 aromatic rings. The van der Waals surface area contributed by atoms with Gasteiger partial charge in [0.25, 0.3) is 0 Å². The van der Waals surface area contributed by atoms with Crippen LogP contribution in [0.3, 0.4) is 0 Å². The van der Waals surface area contributed by atoms with Gasteiger partial charge in [-0.2, -0.15) is 0 Å². The summed E-state index contributed by atoms with van der Waals surface area (Å²) in [4.78, 5) is 13.1. The lowest BCUT2D eigenvalue weighted by Crippen LogP contribution is -2.08. The quantitative estimate of drug-likeness (QED) is 0.179. The summed E-state index contributed by atoms with van der Waals surface area (Å²) in [6.45, 7) is 3.71. The zero-order chi connectivity index (χ0) is 25.8. The number of halogens is 4. The van der Waals surface area contributed by atoms with Crippen molar-refractivity contribution >= 4 is 5.78 Å². The van der Waals surface area contributed by atoms with E-state index in [-0.39, 0.29) is 16.9 Å². The Morgan fingerprint density at radius 3 is 1.14 bits per heavy atom. The van der Waals surface area contributed by atoms with Crippen LogP contribution in [0.4, 0.5) is 17.6 Å². The third kappa shape index (κ3) is 4.97. The Labute approximate surface area is 208 Å². The normalized spacial score (nSPS) is 12.8. The van der Waals surface area contributed by atoms with Gasteiger partial charge < -0.3 is 0 Å². The molecule has 4 aromatic carbocycles. The summed E-state index contributed by atoms with van der Waals surface area (Å²) in [5.41, 5.74) is 2.33. The van der Waals surface area contributed by atoms with Crippen LogP contribution in [0.1, 0.15) is 76.7 Å². The molecular formula is C31H26F4O. The summed E-state index contributed by atoms with van der Waals surface area (Å²) in [7, 11) is 0. The average Bonchev–Trinajstić information content (AvgIpc) is 2.88. The van der Waals surface area contributed by atoms with Gasteiger partial charge in [-0.3, -0.25) is 4.79 Å². The Hall–Kier alpha value is -3.73. The lowest BCUT2D eigenvalue weighted by Gasteiger charge is -2.18. The molecule has 2 unspecified atom stereocenters. The topological polar surface area (TPSA) is 17.1 Å². The zero-order valence-corrected chi connectivity index (χ0v) is 20.1. The second-order valence-corrected chi connectivity index (χ2v) is 8.77. The molecule has 0 saturated carbocycles. The second-order valence-electron chi connectivity index (χ2n) is 8.77. The van der Waals surface area contributed by atoms with Crippen molar-refractivity contribution in [3.8, 4) is 0 Å². The van der Waals surface area contributed by atoms with Gasteiger partial charge in [-0.05, 0) is 48.2 Å². The van der Waals surface area contributed by atoms with Crippen molar-refractivity contribution in [2.75, 3.05) is 0 Å². The number of hydrogen-bond donors (Lipinski definition) is 0. The van der Waals surface area contributed by atoms with Gasteiger partial charge in [-0.15, -0.1) is 0 Å². The van der Waals surface area contributed by atoms with Gasteiger partial charge in [-0.25, -0.2) is 17.6 Å². The largest absolute Gasteiger partial charge is 0.289 e. The van der Waals surface area contributed by atoms with Crippen molar-refractivity contribution < 1.29 is 22.4 Å². The third-order valence-corrected chi connectivity index (χ3v) is 6.66. The highest BCUT2D eigenvalue weighted by Gasteiger charge is 2.22. The second kappa shape index (κ2) is 10.9. The molecule has 36 heavy (non-hydrogen) atoms. The van der Waals surface area contributed by atoms with Crippen LogP contribution in [-0.2, 0) is 0 Å². The average molecular weight is 491 g/mol. The number of ketones is 1. The van der Waals surface area contributed by atoms with Crippen LogP contribution >= 0.6 is 0 Å². The minimum atomic E-state index is -0.595. The maximum Gasteiger partial charge on any atom is 0.193 e. The van der Waals surface area contributed by atoms with Gasteiger partial charge in [-0.1, -0.05) is 74.5 Å².